The van der Waals surface area contributed by atoms with Gasteiger partial charge in [0, 0.05) is 48.9 Å². The number of halogens is 3. The van der Waals surface area contributed by atoms with E-state index < -0.39 is 39.6 Å². The van der Waals surface area contributed by atoms with Crippen molar-refractivity contribution in [2.75, 3.05) is 11.9 Å². The lowest BCUT2D eigenvalue weighted by atomic mass is 10.00. The number of alkyl halides is 3. The first kappa shape index (κ1) is 34.6. The summed E-state index contributed by atoms with van der Waals surface area (Å²) in [7, 11) is -4.37. The van der Waals surface area contributed by atoms with E-state index in [0.29, 0.717) is 19.0 Å². The Morgan fingerprint density at radius 2 is 1.73 bits per heavy atom. The van der Waals surface area contributed by atoms with Crippen LogP contribution in [0.3, 0.4) is 0 Å². The van der Waals surface area contributed by atoms with Crippen LogP contribution in [0.25, 0.3) is 33.8 Å². The van der Waals surface area contributed by atoms with Crippen LogP contribution in [0.15, 0.2) is 94.6 Å². The Morgan fingerprint density at radius 3 is 2.42 bits per heavy atom. The lowest BCUT2D eigenvalue weighted by molar-refractivity contribution is -0.137. The van der Waals surface area contributed by atoms with Gasteiger partial charge in [-0.05, 0) is 49.6 Å². The van der Waals surface area contributed by atoms with E-state index in [-0.39, 0.29) is 64.0 Å². The van der Waals surface area contributed by atoms with E-state index >= 15 is 0 Å². The maximum Gasteiger partial charge on any atom is 0.419 e. The Morgan fingerprint density at radius 1 is 1.00 bits per heavy atom. The third-order valence-corrected chi connectivity index (χ3v) is 10.3. The molecule has 1 aliphatic heterocycles. The second kappa shape index (κ2) is 13.7. The fourth-order valence-corrected chi connectivity index (χ4v) is 7.35. The number of aryl methyl sites for hydroxylation is 1. The summed E-state index contributed by atoms with van der Waals surface area (Å²) in [5.74, 6) is 0.161. The number of anilines is 1. The second-order valence-electron chi connectivity index (χ2n) is 12.3. The molecule has 268 valence electrons. The molecule has 0 saturated carbocycles. The minimum Gasteiger partial charge on any atom is -0.445 e. The van der Waals surface area contributed by atoms with Crippen molar-refractivity contribution in [1.82, 2.24) is 34.0 Å². The SMILES string of the molecule is Cc1nc(-c2ccc3c(-c4nc(N[C@H]5CC[C@H](C)N(C(=O)OCc6ccccc6)C5)ncc4C(F)(F)F)cn(S(=O)(=O)c4ccccc4)c3n2)no1. The predicted octanol–water partition coefficient (Wildman–Crippen LogP) is 6.71. The fraction of sp³-hybridized carbons (Fsp3) is 0.257. The van der Waals surface area contributed by atoms with Crippen molar-refractivity contribution in [2.45, 2.75) is 56.5 Å². The van der Waals surface area contributed by atoms with Crippen molar-refractivity contribution in [3.05, 3.63) is 102 Å². The van der Waals surface area contributed by atoms with Gasteiger partial charge in [0.15, 0.2) is 5.65 Å². The number of hydrogen-bond acceptors (Lipinski definition) is 11. The molecule has 0 spiro atoms. The number of pyridine rings is 1. The number of hydrogen-bond donors (Lipinski definition) is 1. The highest BCUT2D eigenvalue weighted by atomic mass is 32.2. The number of nitrogens with one attached hydrogen (secondary N) is 1. The van der Waals surface area contributed by atoms with Gasteiger partial charge in [-0.2, -0.15) is 18.2 Å². The third-order valence-electron chi connectivity index (χ3n) is 8.68. The van der Waals surface area contributed by atoms with Crippen LogP contribution in [0, 0.1) is 6.92 Å². The maximum atomic E-state index is 14.6. The van der Waals surface area contributed by atoms with Crippen LogP contribution >= 0.6 is 0 Å². The number of piperidine rings is 1. The fourth-order valence-electron chi connectivity index (χ4n) is 6.01. The molecule has 1 N–H and O–H groups in total. The highest BCUT2D eigenvalue weighted by Crippen LogP contribution is 2.40. The molecule has 4 aromatic heterocycles. The van der Waals surface area contributed by atoms with Gasteiger partial charge in [-0.25, -0.2) is 32.1 Å². The molecule has 17 heteroatoms. The molecule has 0 radical (unpaired) electrons. The number of fused-ring (bicyclic) bond motifs is 1. The van der Waals surface area contributed by atoms with Crippen molar-refractivity contribution in [3.63, 3.8) is 0 Å². The van der Waals surface area contributed by atoms with Crippen molar-refractivity contribution in [3.8, 4) is 22.8 Å². The lowest BCUT2D eigenvalue weighted by Gasteiger charge is -2.37. The lowest BCUT2D eigenvalue weighted by Crippen LogP contribution is -2.50. The number of carbonyl (C=O) groups excluding carboxylic acids is 1. The van der Waals surface area contributed by atoms with Gasteiger partial charge in [0.25, 0.3) is 10.0 Å². The predicted molar refractivity (Wildman–Crippen MR) is 182 cm³/mol. The van der Waals surface area contributed by atoms with Crippen molar-refractivity contribution in [1.29, 1.82) is 0 Å². The number of carbonyl (C=O) groups is 1. The van der Waals surface area contributed by atoms with E-state index in [4.69, 9.17) is 9.26 Å². The van der Waals surface area contributed by atoms with E-state index in [1.54, 1.807) is 17.9 Å². The van der Waals surface area contributed by atoms with Crippen LogP contribution in [-0.4, -0.2) is 67.1 Å². The number of rotatable bonds is 8. The molecule has 0 aliphatic carbocycles. The molecule has 0 bridgehead atoms. The van der Waals surface area contributed by atoms with E-state index in [1.807, 2.05) is 37.3 Å². The summed E-state index contributed by atoms with van der Waals surface area (Å²) in [4.78, 5) is 31.4. The molecular formula is C35H31F3N8O5S. The van der Waals surface area contributed by atoms with Crippen LogP contribution in [0.1, 0.15) is 36.8 Å². The maximum absolute atomic E-state index is 14.6. The number of benzene rings is 2. The molecule has 6 aromatic rings. The summed E-state index contributed by atoms with van der Waals surface area (Å²) >= 11 is 0. The van der Waals surface area contributed by atoms with Gasteiger partial charge in [-0.15, -0.1) is 0 Å². The Kier molecular flexibility index (Phi) is 9.12. The summed E-state index contributed by atoms with van der Waals surface area (Å²) in [6.07, 6.45) is -2.55. The van der Waals surface area contributed by atoms with E-state index in [2.05, 4.69) is 30.4 Å². The van der Waals surface area contributed by atoms with Crippen molar-refractivity contribution >= 4 is 33.1 Å². The molecular weight excluding hydrogens is 701 g/mol. The van der Waals surface area contributed by atoms with Gasteiger partial charge >= 0.3 is 12.3 Å². The van der Waals surface area contributed by atoms with Crippen molar-refractivity contribution in [2.24, 2.45) is 0 Å². The summed E-state index contributed by atoms with van der Waals surface area (Å²) in [5.41, 5.74) is -1.11. The minimum absolute atomic E-state index is 0.0649. The van der Waals surface area contributed by atoms with E-state index in [9.17, 15) is 26.4 Å². The number of ether oxygens (including phenoxy) is 1. The zero-order valence-corrected chi connectivity index (χ0v) is 28.6. The smallest absolute Gasteiger partial charge is 0.419 e. The first-order chi connectivity index (χ1) is 24.9. The van der Waals surface area contributed by atoms with Gasteiger partial charge < -0.3 is 19.5 Å². The van der Waals surface area contributed by atoms with Crippen LogP contribution in [-0.2, 0) is 27.5 Å². The number of amides is 1. The standard InChI is InChI=1S/C35H31F3N8O5S/c1-21-13-14-24(18-45(21)34(47)50-20-23-9-5-3-6-10-23)41-33-39-17-28(35(36,37)38)30(43-33)27-19-46(52(48,49)25-11-7-4-8-12-25)32-26(27)15-16-29(42-32)31-40-22(2)51-44-31/h3-12,15-17,19,21,24H,13-14,18,20H2,1-2H3,(H,39,41,43)/t21-,24-/m0/s1. The van der Waals surface area contributed by atoms with Gasteiger partial charge in [-0.3, -0.25) is 0 Å². The summed E-state index contributed by atoms with van der Waals surface area (Å²) in [5, 5.41) is 7.00. The zero-order valence-electron chi connectivity index (χ0n) is 27.8. The van der Waals surface area contributed by atoms with Gasteiger partial charge in [-0.1, -0.05) is 53.7 Å². The van der Waals surface area contributed by atoms with Gasteiger partial charge in [0.2, 0.25) is 17.7 Å². The normalized spacial score (nSPS) is 16.6. The molecule has 1 aliphatic rings. The molecule has 2 atom stereocenters. The molecule has 2 aromatic carbocycles. The quantitative estimate of drug-likeness (QED) is 0.177. The van der Waals surface area contributed by atoms with Crippen LogP contribution in [0.4, 0.5) is 23.9 Å². The van der Waals surface area contributed by atoms with Gasteiger partial charge in [0.1, 0.15) is 17.9 Å². The topological polar surface area (TPSA) is 158 Å². The Bertz CT molecular complexity index is 2350. The summed E-state index contributed by atoms with van der Waals surface area (Å²) < 4.78 is 83.0. The zero-order chi connectivity index (χ0) is 36.6. The molecule has 0 unspecified atom stereocenters. The van der Waals surface area contributed by atoms with E-state index in [1.165, 1.54) is 36.4 Å². The molecule has 1 fully saturated rings. The van der Waals surface area contributed by atoms with Crippen LogP contribution in [0.5, 0.6) is 0 Å². The minimum atomic E-state index is -4.91. The Balaban J connectivity index is 1.26. The largest absolute Gasteiger partial charge is 0.445 e. The number of aromatic nitrogens is 6. The Hall–Kier alpha value is -5.84. The highest BCUT2D eigenvalue weighted by Gasteiger charge is 2.38. The molecule has 1 amide bonds. The average molecular weight is 733 g/mol. The molecule has 1 saturated heterocycles. The first-order valence-corrected chi connectivity index (χ1v) is 17.6. The molecule has 7 rings (SSSR count). The van der Waals surface area contributed by atoms with Crippen molar-refractivity contribution < 1.29 is 35.6 Å². The van der Waals surface area contributed by atoms with Gasteiger partial charge in [0.05, 0.1) is 10.6 Å². The Labute approximate surface area is 295 Å². The van der Waals surface area contributed by atoms with Crippen LogP contribution in [0.2, 0.25) is 0 Å². The third kappa shape index (κ3) is 6.90. The summed E-state index contributed by atoms with van der Waals surface area (Å²) in [6, 6.07) is 19.0. The van der Waals surface area contributed by atoms with E-state index in [0.717, 1.165) is 15.7 Å². The number of likely N-dealkylation sites (tertiary alicyclic amines) is 1. The number of nitrogens with zero attached hydrogens (tertiary/aromatic N) is 7. The second-order valence-corrected chi connectivity index (χ2v) is 14.1. The molecule has 52 heavy (non-hydrogen) atoms. The molecule has 13 nitrogen and oxygen atoms in total. The summed E-state index contributed by atoms with van der Waals surface area (Å²) in [6.45, 7) is 3.74. The van der Waals surface area contributed by atoms with Crippen LogP contribution < -0.4 is 5.32 Å². The first-order valence-electron chi connectivity index (χ1n) is 16.2. The molecule has 5 heterocycles. The highest BCUT2D eigenvalue weighted by molar-refractivity contribution is 7.90. The average Bonchev–Trinajstić information content (AvgIpc) is 3.75. The monoisotopic (exact) mass is 732 g/mol.